The van der Waals surface area contributed by atoms with Crippen molar-refractivity contribution in [3.05, 3.63) is 65.7 Å². The van der Waals surface area contributed by atoms with Gasteiger partial charge in [-0.1, -0.05) is 30.3 Å². The topological polar surface area (TPSA) is 65.0 Å². The molecule has 2 aromatic rings. The van der Waals surface area contributed by atoms with Crippen molar-refractivity contribution in [2.45, 2.75) is 5.79 Å². The van der Waals surface area contributed by atoms with Crippen LogP contribution in [0, 0.1) is 0 Å². The van der Waals surface area contributed by atoms with E-state index < -0.39 is 5.79 Å². The zero-order chi connectivity index (χ0) is 16.7. The molecule has 0 radical (unpaired) electrons. The third-order valence-electron chi connectivity index (χ3n) is 3.50. The van der Waals surface area contributed by atoms with E-state index in [1.807, 2.05) is 6.07 Å². The number of rotatable bonds is 8. The molecule has 0 heterocycles. The average Bonchev–Trinajstić information content (AvgIpc) is 2.63. The third kappa shape index (κ3) is 3.59. The van der Waals surface area contributed by atoms with Crippen LogP contribution in [0.15, 0.2) is 54.6 Å². The van der Waals surface area contributed by atoms with Crippen molar-refractivity contribution in [2.24, 2.45) is 0 Å². The van der Waals surface area contributed by atoms with Gasteiger partial charge in [0.15, 0.2) is 0 Å². The maximum absolute atomic E-state index is 12.9. The van der Waals surface area contributed by atoms with Gasteiger partial charge in [0, 0.05) is 25.3 Å². The number of aliphatic hydroxyl groups is 1. The lowest BCUT2D eigenvalue weighted by Crippen LogP contribution is -2.40. The summed E-state index contributed by atoms with van der Waals surface area (Å²) in [7, 11) is 2.86. The first kappa shape index (κ1) is 17.1. The van der Waals surface area contributed by atoms with E-state index >= 15 is 0 Å². The molecule has 0 saturated heterocycles. The van der Waals surface area contributed by atoms with Crippen molar-refractivity contribution in [3.63, 3.8) is 0 Å². The van der Waals surface area contributed by atoms with Gasteiger partial charge < -0.3 is 19.3 Å². The zero-order valence-electron chi connectivity index (χ0n) is 13.2. The molecule has 0 atom stereocenters. The predicted octanol–water partition coefficient (Wildman–Crippen LogP) is 2.39. The average molecular weight is 316 g/mol. The second-order valence-electron chi connectivity index (χ2n) is 4.82. The van der Waals surface area contributed by atoms with Gasteiger partial charge >= 0.3 is 0 Å². The lowest BCUT2D eigenvalue weighted by molar-refractivity contribution is -0.176. The van der Waals surface area contributed by atoms with Crippen molar-refractivity contribution >= 4 is 5.78 Å². The van der Waals surface area contributed by atoms with Gasteiger partial charge in [-0.15, -0.1) is 0 Å². The molecule has 0 aromatic heterocycles. The molecule has 0 aliphatic carbocycles. The van der Waals surface area contributed by atoms with E-state index in [2.05, 4.69) is 0 Å². The Balaban J connectivity index is 2.35. The van der Waals surface area contributed by atoms with Gasteiger partial charge in [0.25, 0.3) is 5.79 Å². The van der Waals surface area contributed by atoms with Crippen LogP contribution >= 0.6 is 0 Å². The van der Waals surface area contributed by atoms with Crippen molar-refractivity contribution in [2.75, 3.05) is 27.4 Å². The molecule has 2 aromatic carbocycles. The summed E-state index contributed by atoms with van der Waals surface area (Å²) in [6.07, 6.45) is 0. The fraction of sp³-hybridized carbons (Fsp3) is 0.278. The summed E-state index contributed by atoms with van der Waals surface area (Å²) < 4.78 is 16.2. The highest BCUT2D eigenvalue weighted by molar-refractivity contribution is 6.02. The van der Waals surface area contributed by atoms with Crippen molar-refractivity contribution in [1.29, 1.82) is 0 Å². The molecule has 0 spiro atoms. The second kappa shape index (κ2) is 7.87. The maximum atomic E-state index is 12.9. The van der Waals surface area contributed by atoms with Gasteiger partial charge in [0.1, 0.15) is 12.4 Å². The predicted molar refractivity (Wildman–Crippen MR) is 85.5 cm³/mol. The van der Waals surface area contributed by atoms with Crippen LogP contribution in [0.2, 0.25) is 0 Å². The lowest BCUT2D eigenvalue weighted by atomic mass is 9.95. The monoisotopic (exact) mass is 316 g/mol. The quantitative estimate of drug-likeness (QED) is 0.598. The molecule has 0 aliphatic heterocycles. The highest BCUT2D eigenvalue weighted by Gasteiger charge is 2.41. The minimum Gasteiger partial charge on any atom is -0.491 e. The summed E-state index contributed by atoms with van der Waals surface area (Å²) in [5.74, 6) is -1.21. The van der Waals surface area contributed by atoms with E-state index in [4.69, 9.17) is 19.3 Å². The summed E-state index contributed by atoms with van der Waals surface area (Å²) in [4.78, 5) is 12.9. The molecular formula is C18H20O5. The fourth-order valence-corrected chi connectivity index (χ4v) is 2.35. The van der Waals surface area contributed by atoms with Crippen LogP contribution in [0.1, 0.15) is 15.9 Å². The first-order chi connectivity index (χ1) is 11.2. The molecule has 2 rings (SSSR count). The molecule has 0 fully saturated rings. The Kier molecular flexibility index (Phi) is 5.87. The van der Waals surface area contributed by atoms with Gasteiger partial charge in [-0.05, 0) is 24.3 Å². The van der Waals surface area contributed by atoms with Crippen molar-refractivity contribution in [1.82, 2.24) is 0 Å². The van der Waals surface area contributed by atoms with Crippen molar-refractivity contribution < 1.29 is 24.1 Å². The van der Waals surface area contributed by atoms with E-state index in [1.54, 1.807) is 48.5 Å². The Hall–Kier alpha value is -2.21. The number of ether oxygens (including phenoxy) is 3. The van der Waals surface area contributed by atoms with Gasteiger partial charge in [0.05, 0.1) is 6.61 Å². The molecule has 0 saturated carbocycles. The molecule has 0 unspecified atom stereocenters. The number of Topliss-reactive ketones (excluding diaryl/α,β-unsaturated/α-hetero) is 1. The summed E-state index contributed by atoms with van der Waals surface area (Å²) in [5.41, 5.74) is 1.06. The smallest absolute Gasteiger partial charge is 0.260 e. The maximum Gasteiger partial charge on any atom is 0.260 e. The number of hydrogen-bond donors (Lipinski definition) is 1. The van der Waals surface area contributed by atoms with E-state index in [0.717, 1.165) is 0 Å². The van der Waals surface area contributed by atoms with Crippen LogP contribution in [-0.4, -0.2) is 38.3 Å². The number of hydrogen-bond acceptors (Lipinski definition) is 5. The standard InChI is InChI=1S/C18H20O5/c1-21-18(22-2,17(20)14-6-4-3-5-7-14)15-8-10-16(11-9-15)23-13-12-19/h3-11,19H,12-13H2,1-2H3. The second-order valence-corrected chi connectivity index (χ2v) is 4.82. The van der Waals surface area contributed by atoms with E-state index in [1.165, 1.54) is 14.2 Å². The van der Waals surface area contributed by atoms with Crippen LogP contribution in [-0.2, 0) is 15.3 Å². The molecule has 5 nitrogen and oxygen atoms in total. The molecule has 5 heteroatoms. The SMILES string of the molecule is COC(OC)(C(=O)c1ccccc1)c1ccc(OCCO)cc1. The van der Waals surface area contributed by atoms with Gasteiger partial charge in [0.2, 0.25) is 5.78 Å². The molecule has 0 bridgehead atoms. The van der Waals surface area contributed by atoms with Gasteiger partial charge in [-0.3, -0.25) is 4.79 Å². The Labute approximate surface area is 135 Å². The third-order valence-corrected chi connectivity index (χ3v) is 3.50. The molecule has 122 valence electrons. The number of benzene rings is 2. The number of methoxy groups -OCH3 is 2. The number of aliphatic hydroxyl groups excluding tert-OH is 1. The largest absolute Gasteiger partial charge is 0.491 e. The van der Waals surface area contributed by atoms with Crippen LogP contribution in [0.3, 0.4) is 0 Å². The van der Waals surface area contributed by atoms with Crippen molar-refractivity contribution in [3.8, 4) is 5.75 Å². The Morgan fingerprint density at radius 3 is 2.13 bits per heavy atom. The van der Waals surface area contributed by atoms with E-state index in [9.17, 15) is 4.79 Å². The Bertz CT molecular complexity index is 618. The lowest BCUT2D eigenvalue weighted by Gasteiger charge is -2.29. The Morgan fingerprint density at radius 1 is 1.00 bits per heavy atom. The molecule has 23 heavy (non-hydrogen) atoms. The highest BCUT2D eigenvalue weighted by Crippen LogP contribution is 2.31. The zero-order valence-corrected chi connectivity index (χ0v) is 13.2. The molecule has 0 aliphatic rings. The summed E-state index contributed by atoms with van der Waals surface area (Å²) in [6, 6.07) is 15.7. The fourth-order valence-electron chi connectivity index (χ4n) is 2.35. The first-order valence-electron chi connectivity index (χ1n) is 7.22. The first-order valence-corrected chi connectivity index (χ1v) is 7.22. The van der Waals surface area contributed by atoms with Gasteiger partial charge in [-0.2, -0.15) is 0 Å². The van der Waals surface area contributed by atoms with E-state index in [-0.39, 0.29) is 19.0 Å². The minimum atomic E-state index is -1.52. The molecule has 0 amide bonds. The van der Waals surface area contributed by atoms with Crippen LogP contribution < -0.4 is 4.74 Å². The number of carbonyl (C=O) groups excluding carboxylic acids is 1. The number of carbonyl (C=O) groups is 1. The van der Waals surface area contributed by atoms with Crippen LogP contribution in [0.25, 0.3) is 0 Å². The normalized spacial score (nSPS) is 11.3. The summed E-state index contributed by atoms with van der Waals surface area (Å²) in [6.45, 7) is 0.149. The van der Waals surface area contributed by atoms with Crippen LogP contribution in [0.5, 0.6) is 5.75 Å². The van der Waals surface area contributed by atoms with E-state index in [0.29, 0.717) is 16.9 Å². The van der Waals surface area contributed by atoms with Gasteiger partial charge in [-0.25, -0.2) is 0 Å². The molecule has 1 N–H and O–H groups in total. The Morgan fingerprint density at radius 2 is 1.61 bits per heavy atom. The molecular weight excluding hydrogens is 296 g/mol. The summed E-state index contributed by atoms with van der Waals surface area (Å²) in [5, 5.41) is 8.78. The van der Waals surface area contributed by atoms with Crippen LogP contribution in [0.4, 0.5) is 0 Å². The highest BCUT2D eigenvalue weighted by atomic mass is 16.7. The summed E-state index contributed by atoms with van der Waals surface area (Å²) >= 11 is 0. The number of ketones is 1. The minimum absolute atomic E-state index is 0.0612.